The van der Waals surface area contributed by atoms with Crippen LogP contribution in [0.1, 0.15) is 63.9 Å². The number of fused-ring (bicyclic) bond motifs is 3. The zero-order valence-electron chi connectivity index (χ0n) is 61.5. The number of hydrogen-bond donors (Lipinski definition) is 0. The second-order valence-electron chi connectivity index (χ2n) is 28.7. The summed E-state index contributed by atoms with van der Waals surface area (Å²) in [5, 5.41) is 0. The lowest BCUT2D eigenvalue weighted by atomic mass is 9.82. The second-order valence-corrected chi connectivity index (χ2v) is 28.7. The Morgan fingerprint density at radius 3 is 0.890 bits per heavy atom. The van der Waals surface area contributed by atoms with Gasteiger partial charge in [-0.1, -0.05) is 305 Å². The smallest absolute Gasteiger partial charge is 0.0465 e. The molecule has 4 heteroatoms. The first-order chi connectivity index (χ1) is 53.6. The zero-order valence-corrected chi connectivity index (χ0v) is 61.5. The summed E-state index contributed by atoms with van der Waals surface area (Å²) in [6, 6.07) is 147. The van der Waals surface area contributed by atoms with E-state index in [9.17, 15) is 0 Å². The first kappa shape index (κ1) is 68.3. The van der Waals surface area contributed by atoms with E-state index in [4.69, 9.17) is 0 Å². The normalized spacial score (nSPS) is 12.0. The van der Waals surface area contributed by atoms with Crippen molar-refractivity contribution in [3.8, 4) is 44.5 Å². The van der Waals surface area contributed by atoms with E-state index in [1.807, 2.05) is 0 Å². The summed E-state index contributed by atoms with van der Waals surface area (Å²) in [7, 11) is 0. The Hall–Kier alpha value is -13.8. The maximum absolute atomic E-state index is 2.42. The Balaban J connectivity index is 0.572. The molecule has 0 N–H and O–H groups in total. The van der Waals surface area contributed by atoms with Gasteiger partial charge in [-0.2, -0.15) is 0 Å². The minimum atomic E-state index is -0.141. The van der Waals surface area contributed by atoms with Gasteiger partial charge in [0.1, 0.15) is 0 Å². The first-order valence-electron chi connectivity index (χ1n) is 37.6. The van der Waals surface area contributed by atoms with Gasteiger partial charge in [0.05, 0.1) is 0 Å². The Labute approximate surface area is 641 Å². The highest BCUT2D eigenvalue weighted by Crippen LogP contribution is 2.51. The molecule has 0 heterocycles. The van der Waals surface area contributed by atoms with Crippen LogP contribution in [0.3, 0.4) is 0 Å². The highest BCUT2D eigenvalue weighted by molar-refractivity contribution is 5.88. The quantitative estimate of drug-likeness (QED) is 0.0665. The van der Waals surface area contributed by atoms with Crippen molar-refractivity contribution in [1.82, 2.24) is 0 Å². The van der Waals surface area contributed by atoms with Crippen molar-refractivity contribution in [2.24, 2.45) is 0 Å². The van der Waals surface area contributed by atoms with Gasteiger partial charge in [0.25, 0.3) is 0 Å². The summed E-state index contributed by atoms with van der Waals surface area (Å²) in [5.41, 5.74) is 33.9. The van der Waals surface area contributed by atoms with E-state index in [1.54, 1.807) is 0 Å². The van der Waals surface area contributed by atoms with Crippen LogP contribution in [0.25, 0.3) is 68.8 Å². The molecule has 17 rings (SSSR count). The van der Waals surface area contributed by atoms with E-state index < -0.39 is 0 Å². The molecule has 1 aliphatic carbocycles. The van der Waals surface area contributed by atoms with Crippen molar-refractivity contribution in [2.75, 3.05) is 19.6 Å². The maximum atomic E-state index is 2.42. The molecule has 0 bridgehead atoms. The molecule has 109 heavy (non-hydrogen) atoms. The van der Waals surface area contributed by atoms with Gasteiger partial charge in [-0.05, 0) is 248 Å². The molecule has 16 aromatic rings. The van der Waals surface area contributed by atoms with Gasteiger partial charge in [-0.3, -0.25) is 0 Å². The number of anilines is 12. The highest BCUT2D eigenvalue weighted by atomic mass is 15.2. The average Bonchev–Trinajstić information content (AvgIpc) is 1.58. The molecular weight excluding hydrogens is 1320 g/mol. The highest BCUT2D eigenvalue weighted by Gasteiger charge is 2.36. The molecule has 0 radical (unpaired) electrons. The number of nitrogens with zero attached hydrogens (tertiary/aromatic N) is 4. The first-order valence-corrected chi connectivity index (χ1v) is 37.6. The van der Waals surface area contributed by atoms with Gasteiger partial charge in [0.15, 0.2) is 0 Å². The summed E-state index contributed by atoms with van der Waals surface area (Å²) < 4.78 is 0. The minimum absolute atomic E-state index is 0.141. The summed E-state index contributed by atoms with van der Waals surface area (Å²) in [4.78, 5) is 9.34. The van der Waals surface area contributed by atoms with Crippen LogP contribution in [0.5, 0.6) is 0 Å². The minimum Gasteiger partial charge on any atom is -0.311 e. The molecule has 0 amide bonds. The van der Waals surface area contributed by atoms with Crippen LogP contribution in [0.4, 0.5) is 68.2 Å². The average molecular weight is 1400 g/mol. The molecule has 0 atom stereocenters. The monoisotopic (exact) mass is 1400 g/mol. The van der Waals surface area contributed by atoms with Crippen LogP contribution in [0, 0.1) is 6.92 Å². The lowest BCUT2D eigenvalue weighted by Crippen LogP contribution is -2.16. The summed E-state index contributed by atoms with van der Waals surface area (Å²) >= 11 is 0. The van der Waals surface area contributed by atoms with Gasteiger partial charge >= 0.3 is 0 Å². The van der Waals surface area contributed by atoms with E-state index in [0.717, 1.165) is 96.9 Å². The van der Waals surface area contributed by atoms with E-state index in [-0.39, 0.29) is 5.41 Å². The zero-order chi connectivity index (χ0) is 73.5. The Morgan fingerprint density at radius 1 is 0.211 bits per heavy atom. The van der Waals surface area contributed by atoms with Crippen molar-refractivity contribution < 1.29 is 0 Å². The molecule has 0 spiro atoms. The van der Waals surface area contributed by atoms with Crippen LogP contribution in [-0.4, -0.2) is 0 Å². The largest absolute Gasteiger partial charge is 0.311 e. The second kappa shape index (κ2) is 30.7. The van der Waals surface area contributed by atoms with Gasteiger partial charge < -0.3 is 19.6 Å². The molecule has 0 fully saturated rings. The molecule has 0 saturated heterocycles. The van der Waals surface area contributed by atoms with Crippen LogP contribution >= 0.6 is 0 Å². The number of rotatable bonds is 21. The SMILES string of the molecule is Cc1ccc(N(c2ccc(C=Cc3ccc(-c4ccc(N(c5ccccc5)c5ccccc5)cc4)cc3)cc2)c2ccc(-c3cccc(Cc4ccc(N(c5ccc(C=Cc6ccc(-c7ccc(N(c8ccccc8)c8ccccc8)cc7)cc6)cc5)c5ccc6c(c5)C(C)(C)c5ccccc5-6)cc4)c3)cc2)cc1. The molecule has 16 aromatic carbocycles. The number of hydrogen-bond acceptors (Lipinski definition) is 4. The van der Waals surface area contributed by atoms with Crippen LogP contribution in [0.2, 0.25) is 0 Å². The third-order valence-electron chi connectivity index (χ3n) is 21.1. The van der Waals surface area contributed by atoms with Gasteiger partial charge in [0.2, 0.25) is 0 Å². The fraction of sp³-hybridized carbons (Fsp3) is 0.0476. The van der Waals surface area contributed by atoms with Crippen LogP contribution < -0.4 is 19.6 Å². The van der Waals surface area contributed by atoms with Crippen LogP contribution in [0.15, 0.2) is 406 Å². The maximum Gasteiger partial charge on any atom is 0.0465 e. The van der Waals surface area contributed by atoms with Crippen LogP contribution in [-0.2, 0) is 11.8 Å². The molecule has 0 aliphatic heterocycles. The molecule has 1 aliphatic rings. The van der Waals surface area contributed by atoms with E-state index in [1.165, 1.54) is 72.3 Å². The van der Waals surface area contributed by atoms with E-state index in [0.29, 0.717) is 0 Å². The summed E-state index contributed by atoms with van der Waals surface area (Å²) in [6.45, 7) is 6.86. The predicted molar refractivity (Wildman–Crippen MR) is 464 cm³/mol. The topological polar surface area (TPSA) is 13.0 Å². The van der Waals surface area contributed by atoms with Gasteiger partial charge in [-0.15, -0.1) is 0 Å². The third-order valence-corrected chi connectivity index (χ3v) is 21.1. The lowest BCUT2D eigenvalue weighted by Gasteiger charge is -2.28. The fourth-order valence-corrected chi connectivity index (χ4v) is 15.3. The predicted octanol–water partition coefficient (Wildman–Crippen LogP) is 29.1. The van der Waals surface area contributed by atoms with E-state index in [2.05, 4.69) is 471 Å². The molecule has 0 unspecified atom stereocenters. The van der Waals surface area contributed by atoms with Crippen molar-refractivity contribution in [2.45, 2.75) is 32.6 Å². The molecule has 4 nitrogen and oxygen atoms in total. The molecule has 0 saturated carbocycles. The Morgan fingerprint density at radius 2 is 0.495 bits per heavy atom. The van der Waals surface area contributed by atoms with Crippen molar-refractivity contribution in [3.63, 3.8) is 0 Å². The van der Waals surface area contributed by atoms with Gasteiger partial charge in [0, 0.05) is 73.7 Å². The van der Waals surface area contributed by atoms with E-state index >= 15 is 0 Å². The molecule has 0 aromatic heterocycles. The van der Waals surface area contributed by atoms with Crippen molar-refractivity contribution in [1.29, 1.82) is 0 Å². The third kappa shape index (κ3) is 14.9. The molecular formula is C105H82N4. The molecule has 522 valence electrons. The fourth-order valence-electron chi connectivity index (χ4n) is 15.3. The van der Waals surface area contributed by atoms with Crippen molar-refractivity contribution in [3.05, 3.63) is 457 Å². The Bertz CT molecular complexity index is 5740. The Kier molecular flexibility index (Phi) is 19.3. The number of para-hydroxylation sites is 4. The summed E-state index contributed by atoms with van der Waals surface area (Å²) in [5.74, 6) is 0. The standard InChI is InChI=1S/C105H82N4/c1-76-31-57-93(58-32-76)108(94-59-41-79(42-60-94)35-33-77-37-47-83(48-38-77)85-51-65-97(66-52-85)106(89-21-8-4-9-22-89)90-23-10-5-11-24-90)99-69-55-87(56-70-99)88-20-18-19-82(74-88)73-81-45-63-96(64-46-81)109(100-71-72-102-101-29-16-17-30-103(101)105(2,3)104(102)75-100)95-61-43-80(44-62-95)36-34-78-39-49-84(50-40-78)86-53-67-98(68-54-86)107(91-25-12-6-13-26-91)92-27-14-7-15-28-92/h4-72,74-75H,73H2,1-3H3. The lowest BCUT2D eigenvalue weighted by molar-refractivity contribution is 0.660. The number of benzene rings is 16. The van der Waals surface area contributed by atoms with Gasteiger partial charge in [-0.25, -0.2) is 0 Å². The number of aryl methyl sites for hydroxylation is 1. The summed E-state index contributed by atoms with van der Waals surface area (Å²) in [6.07, 6.45) is 9.61. The van der Waals surface area contributed by atoms with Crippen molar-refractivity contribution >= 4 is 92.6 Å².